The van der Waals surface area contributed by atoms with Crippen LogP contribution in [-0.2, 0) is 0 Å². The van der Waals surface area contributed by atoms with E-state index in [9.17, 15) is 9.18 Å². The van der Waals surface area contributed by atoms with E-state index < -0.39 is 0 Å². The van der Waals surface area contributed by atoms with Crippen molar-refractivity contribution in [1.29, 1.82) is 0 Å². The fourth-order valence-corrected chi connectivity index (χ4v) is 3.92. The lowest BCUT2D eigenvalue weighted by Crippen LogP contribution is -2.38. The van der Waals surface area contributed by atoms with E-state index in [1.165, 1.54) is 37.7 Å². The van der Waals surface area contributed by atoms with Crippen molar-refractivity contribution in [2.75, 3.05) is 12.4 Å². The Hall–Kier alpha value is -3.28. The second kappa shape index (κ2) is 9.03. The van der Waals surface area contributed by atoms with Gasteiger partial charge in [-0.05, 0) is 55.3 Å². The third-order valence-corrected chi connectivity index (χ3v) is 5.63. The molecule has 30 heavy (non-hydrogen) atoms. The maximum Gasteiger partial charge on any atom is 0.253 e. The summed E-state index contributed by atoms with van der Waals surface area (Å²) in [6.45, 7) is 0. The number of hydrogen-bond donors (Lipinski definition) is 1. The molecule has 0 aliphatic heterocycles. The summed E-state index contributed by atoms with van der Waals surface area (Å²) in [6.07, 6.45) is 7.26. The topological polar surface area (TPSA) is 58.1 Å². The van der Waals surface area contributed by atoms with E-state index in [2.05, 4.69) is 15.3 Å². The van der Waals surface area contributed by atoms with Crippen LogP contribution >= 0.6 is 0 Å². The molecule has 0 radical (unpaired) electrons. The number of nitrogens with one attached hydrogen (secondary N) is 1. The van der Waals surface area contributed by atoms with Crippen LogP contribution in [0, 0.1) is 5.82 Å². The smallest absolute Gasteiger partial charge is 0.253 e. The Bertz CT molecular complexity index is 1020. The molecule has 1 heterocycles. The summed E-state index contributed by atoms with van der Waals surface area (Å²) in [6, 6.07) is 15.8. The predicted octanol–water partition coefficient (Wildman–Crippen LogP) is 5.43. The second-order valence-corrected chi connectivity index (χ2v) is 7.71. The molecule has 5 nitrogen and oxygen atoms in total. The number of nitrogens with zero attached hydrogens (tertiary/aromatic N) is 3. The van der Waals surface area contributed by atoms with Crippen molar-refractivity contribution in [3.8, 4) is 11.3 Å². The van der Waals surface area contributed by atoms with Crippen LogP contribution in [0.15, 0.2) is 60.9 Å². The Labute approximate surface area is 176 Å². The summed E-state index contributed by atoms with van der Waals surface area (Å²) in [7, 11) is 1.90. The lowest BCUT2D eigenvalue weighted by atomic mass is 9.94. The Morgan fingerprint density at radius 2 is 1.80 bits per heavy atom. The molecule has 6 heteroatoms. The highest BCUT2D eigenvalue weighted by atomic mass is 19.1. The van der Waals surface area contributed by atoms with Gasteiger partial charge in [-0.15, -0.1) is 0 Å². The maximum absolute atomic E-state index is 13.2. The Morgan fingerprint density at radius 3 is 2.57 bits per heavy atom. The molecule has 0 spiro atoms. The number of halogens is 1. The van der Waals surface area contributed by atoms with Gasteiger partial charge in [0.25, 0.3) is 5.91 Å². The molecule has 154 valence electrons. The average molecular weight is 404 g/mol. The Balaban J connectivity index is 1.50. The SMILES string of the molecule is CN(C(=O)c1cccc(Nc2cc(-c3ccc(F)cc3)ncn2)c1)C1CCCCC1. The summed E-state index contributed by atoms with van der Waals surface area (Å²) in [5, 5.41) is 3.24. The minimum absolute atomic E-state index is 0.0419. The first kappa shape index (κ1) is 20.0. The molecular formula is C24H25FN4O. The van der Waals surface area contributed by atoms with Gasteiger partial charge in [-0.2, -0.15) is 0 Å². The van der Waals surface area contributed by atoms with E-state index >= 15 is 0 Å². The normalized spacial score (nSPS) is 14.3. The molecular weight excluding hydrogens is 379 g/mol. The molecule has 0 bridgehead atoms. The average Bonchev–Trinajstić information content (AvgIpc) is 2.79. The van der Waals surface area contributed by atoms with Gasteiger partial charge in [0.2, 0.25) is 0 Å². The fraction of sp³-hybridized carbons (Fsp3) is 0.292. The van der Waals surface area contributed by atoms with Crippen molar-refractivity contribution in [2.24, 2.45) is 0 Å². The zero-order valence-corrected chi connectivity index (χ0v) is 17.0. The summed E-state index contributed by atoms with van der Waals surface area (Å²) in [4.78, 5) is 23.4. The van der Waals surface area contributed by atoms with E-state index in [0.717, 1.165) is 24.1 Å². The number of benzene rings is 2. The molecule has 3 aromatic rings. The van der Waals surface area contributed by atoms with E-state index in [4.69, 9.17) is 0 Å². The minimum atomic E-state index is -0.286. The minimum Gasteiger partial charge on any atom is -0.340 e. The lowest BCUT2D eigenvalue weighted by molar-refractivity contribution is 0.0696. The van der Waals surface area contributed by atoms with E-state index in [-0.39, 0.29) is 11.7 Å². The van der Waals surface area contributed by atoms with E-state index in [0.29, 0.717) is 23.1 Å². The zero-order valence-electron chi connectivity index (χ0n) is 17.0. The third-order valence-electron chi connectivity index (χ3n) is 5.63. The van der Waals surface area contributed by atoms with Crippen LogP contribution in [0.3, 0.4) is 0 Å². The molecule has 2 aromatic carbocycles. The van der Waals surface area contributed by atoms with E-state index in [1.807, 2.05) is 36.2 Å². The lowest BCUT2D eigenvalue weighted by Gasteiger charge is -2.31. The van der Waals surface area contributed by atoms with Crippen LogP contribution < -0.4 is 5.32 Å². The van der Waals surface area contributed by atoms with Crippen molar-refractivity contribution < 1.29 is 9.18 Å². The van der Waals surface area contributed by atoms with Gasteiger partial charge in [0.15, 0.2) is 0 Å². The molecule has 0 saturated heterocycles. The van der Waals surface area contributed by atoms with Crippen LogP contribution in [-0.4, -0.2) is 33.9 Å². The highest BCUT2D eigenvalue weighted by Crippen LogP contribution is 2.25. The molecule has 1 aliphatic carbocycles. The molecule has 0 unspecified atom stereocenters. The van der Waals surface area contributed by atoms with Gasteiger partial charge in [0.1, 0.15) is 18.0 Å². The highest BCUT2D eigenvalue weighted by Gasteiger charge is 2.23. The summed E-state index contributed by atoms with van der Waals surface area (Å²) in [5.41, 5.74) is 2.93. The first-order chi connectivity index (χ1) is 14.6. The number of carbonyl (C=O) groups is 1. The Morgan fingerprint density at radius 1 is 1.03 bits per heavy atom. The van der Waals surface area contributed by atoms with Gasteiger partial charge in [-0.25, -0.2) is 14.4 Å². The second-order valence-electron chi connectivity index (χ2n) is 7.71. The number of hydrogen-bond acceptors (Lipinski definition) is 4. The summed E-state index contributed by atoms with van der Waals surface area (Å²) >= 11 is 0. The van der Waals surface area contributed by atoms with Gasteiger partial charge < -0.3 is 10.2 Å². The van der Waals surface area contributed by atoms with Crippen molar-refractivity contribution in [3.05, 3.63) is 72.3 Å². The molecule has 1 N–H and O–H groups in total. The largest absolute Gasteiger partial charge is 0.340 e. The van der Waals surface area contributed by atoms with Crippen LogP contribution in [0.4, 0.5) is 15.9 Å². The van der Waals surface area contributed by atoms with Crippen LogP contribution in [0.2, 0.25) is 0 Å². The molecule has 1 aliphatic rings. The van der Waals surface area contributed by atoms with Crippen molar-refractivity contribution in [2.45, 2.75) is 38.1 Å². The number of rotatable bonds is 5. The van der Waals surface area contributed by atoms with Gasteiger partial charge >= 0.3 is 0 Å². The van der Waals surface area contributed by atoms with Crippen LogP contribution in [0.1, 0.15) is 42.5 Å². The molecule has 4 rings (SSSR count). The van der Waals surface area contributed by atoms with Gasteiger partial charge in [-0.3, -0.25) is 4.79 Å². The number of anilines is 2. The summed E-state index contributed by atoms with van der Waals surface area (Å²) < 4.78 is 13.2. The monoisotopic (exact) mass is 404 g/mol. The molecule has 1 aromatic heterocycles. The number of aromatic nitrogens is 2. The number of amides is 1. The zero-order chi connectivity index (χ0) is 20.9. The fourth-order valence-electron chi connectivity index (χ4n) is 3.92. The molecule has 1 fully saturated rings. The first-order valence-electron chi connectivity index (χ1n) is 10.3. The predicted molar refractivity (Wildman–Crippen MR) is 116 cm³/mol. The highest BCUT2D eigenvalue weighted by molar-refractivity contribution is 5.95. The van der Waals surface area contributed by atoms with E-state index in [1.54, 1.807) is 18.2 Å². The van der Waals surface area contributed by atoms with Crippen molar-refractivity contribution in [3.63, 3.8) is 0 Å². The van der Waals surface area contributed by atoms with Crippen molar-refractivity contribution in [1.82, 2.24) is 14.9 Å². The Kier molecular flexibility index (Phi) is 6.02. The summed E-state index contributed by atoms with van der Waals surface area (Å²) in [5.74, 6) is 0.362. The standard InChI is InChI=1S/C24H25FN4O/c1-29(21-8-3-2-4-9-21)24(30)18-6-5-7-20(14-18)28-23-15-22(26-16-27-23)17-10-12-19(25)13-11-17/h5-7,10-16,21H,2-4,8-9H2,1H3,(H,26,27,28). The maximum atomic E-state index is 13.2. The third kappa shape index (κ3) is 4.64. The van der Waals surface area contributed by atoms with Crippen LogP contribution in [0.5, 0.6) is 0 Å². The van der Waals surface area contributed by atoms with Gasteiger partial charge in [0, 0.05) is 36.0 Å². The molecule has 1 saturated carbocycles. The number of carbonyl (C=O) groups excluding carboxylic acids is 1. The molecule has 0 atom stereocenters. The van der Waals surface area contributed by atoms with Crippen molar-refractivity contribution >= 4 is 17.4 Å². The van der Waals surface area contributed by atoms with Crippen LogP contribution in [0.25, 0.3) is 11.3 Å². The quantitative estimate of drug-likeness (QED) is 0.616. The first-order valence-corrected chi connectivity index (χ1v) is 10.3. The molecule has 1 amide bonds. The van der Waals surface area contributed by atoms with Gasteiger partial charge in [0.05, 0.1) is 5.69 Å². The van der Waals surface area contributed by atoms with Gasteiger partial charge in [-0.1, -0.05) is 25.3 Å².